The number of hydrogen-bond donors (Lipinski definition) is 3. The van der Waals surface area contributed by atoms with Crippen molar-refractivity contribution in [2.75, 3.05) is 25.2 Å². The zero-order valence-corrected chi connectivity index (χ0v) is 15.2. The highest BCUT2D eigenvalue weighted by Gasteiger charge is 2.16. The first-order valence-corrected chi connectivity index (χ1v) is 8.60. The van der Waals surface area contributed by atoms with Gasteiger partial charge in [0.1, 0.15) is 0 Å². The molecule has 0 saturated heterocycles. The number of rotatable bonds is 6. The molecule has 3 rings (SSSR count). The number of aliphatic imine (C=N–C) groups is 1. The maximum absolute atomic E-state index is 5.83. The summed E-state index contributed by atoms with van der Waals surface area (Å²) < 4.78 is 10.8. The molecule has 2 aromatic rings. The SMILES string of the molecule is CC(C)(CN)CNC(=NCc1ccc2c(c1)OCO2)Nc1cccnc1. The van der Waals surface area contributed by atoms with Crippen LogP contribution in [0.15, 0.2) is 47.7 Å². The third-order valence-corrected chi connectivity index (χ3v) is 4.07. The highest BCUT2D eigenvalue weighted by atomic mass is 16.7. The second-order valence-electron chi connectivity index (χ2n) is 6.94. The van der Waals surface area contributed by atoms with Gasteiger partial charge in [0.2, 0.25) is 6.79 Å². The van der Waals surface area contributed by atoms with Crippen LogP contribution in [0.2, 0.25) is 0 Å². The molecule has 1 aliphatic heterocycles. The molecular weight excluding hydrogens is 330 g/mol. The lowest BCUT2D eigenvalue weighted by atomic mass is 9.94. The molecular formula is C19H25N5O2. The van der Waals surface area contributed by atoms with Gasteiger partial charge in [-0.25, -0.2) is 4.99 Å². The highest BCUT2D eigenvalue weighted by molar-refractivity contribution is 5.93. The van der Waals surface area contributed by atoms with Crippen LogP contribution in [0.3, 0.4) is 0 Å². The zero-order valence-electron chi connectivity index (χ0n) is 15.2. The van der Waals surface area contributed by atoms with Crippen molar-refractivity contribution in [2.45, 2.75) is 20.4 Å². The van der Waals surface area contributed by atoms with Crippen LogP contribution in [0.5, 0.6) is 11.5 Å². The van der Waals surface area contributed by atoms with Gasteiger partial charge in [-0.2, -0.15) is 0 Å². The van der Waals surface area contributed by atoms with Gasteiger partial charge in [0.25, 0.3) is 0 Å². The van der Waals surface area contributed by atoms with Crippen molar-refractivity contribution in [1.82, 2.24) is 10.3 Å². The number of guanidine groups is 1. The van der Waals surface area contributed by atoms with Crippen LogP contribution in [0, 0.1) is 5.41 Å². The minimum atomic E-state index is -0.0316. The van der Waals surface area contributed by atoms with E-state index in [2.05, 4.69) is 34.5 Å². The summed E-state index contributed by atoms with van der Waals surface area (Å²) in [5.41, 5.74) is 7.71. The standard InChI is InChI=1S/C19H25N5O2/c1-19(2,11-20)12-23-18(24-15-4-3-7-21-10-15)22-9-14-5-6-16-17(8-14)26-13-25-16/h3-8,10H,9,11-13,20H2,1-2H3,(H2,22,23,24). The highest BCUT2D eigenvalue weighted by Crippen LogP contribution is 2.32. The summed E-state index contributed by atoms with van der Waals surface area (Å²) >= 11 is 0. The second-order valence-corrected chi connectivity index (χ2v) is 6.94. The van der Waals surface area contributed by atoms with E-state index >= 15 is 0 Å². The molecule has 7 heteroatoms. The topological polar surface area (TPSA) is 93.8 Å². The Hall–Kier alpha value is -2.80. The van der Waals surface area contributed by atoms with Crippen molar-refractivity contribution in [3.63, 3.8) is 0 Å². The Kier molecular flexibility index (Phi) is 5.58. The van der Waals surface area contributed by atoms with Gasteiger partial charge in [-0.1, -0.05) is 19.9 Å². The summed E-state index contributed by atoms with van der Waals surface area (Å²) in [7, 11) is 0. The van der Waals surface area contributed by atoms with E-state index in [1.807, 2.05) is 30.3 Å². The molecule has 0 bridgehead atoms. The van der Waals surface area contributed by atoms with Crippen LogP contribution in [-0.2, 0) is 6.54 Å². The summed E-state index contributed by atoms with van der Waals surface area (Å²) in [6, 6.07) is 9.67. The number of benzene rings is 1. The largest absolute Gasteiger partial charge is 0.454 e. The predicted molar refractivity (Wildman–Crippen MR) is 102 cm³/mol. The lowest BCUT2D eigenvalue weighted by Crippen LogP contribution is -2.41. The fourth-order valence-electron chi connectivity index (χ4n) is 2.32. The Labute approximate surface area is 153 Å². The minimum absolute atomic E-state index is 0.0316. The van der Waals surface area contributed by atoms with Crippen LogP contribution in [0.4, 0.5) is 5.69 Å². The first kappa shape index (κ1) is 18.0. The number of pyridine rings is 1. The Bertz CT molecular complexity index is 762. The van der Waals surface area contributed by atoms with Crippen molar-refractivity contribution in [3.05, 3.63) is 48.3 Å². The normalized spacial score (nSPS) is 13.6. The van der Waals surface area contributed by atoms with E-state index in [-0.39, 0.29) is 12.2 Å². The van der Waals surface area contributed by atoms with Gasteiger partial charge in [0, 0.05) is 12.7 Å². The summed E-state index contributed by atoms with van der Waals surface area (Å²) in [6.07, 6.45) is 3.49. The third-order valence-electron chi connectivity index (χ3n) is 4.07. The van der Waals surface area contributed by atoms with Crippen LogP contribution in [-0.4, -0.2) is 30.8 Å². The quantitative estimate of drug-likeness (QED) is 0.544. The van der Waals surface area contributed by atoms with Crippen molar-refractivity contribution in [2.24, 2.45) is 16.1 Å². The molecule has 0 amide bonds. The molecule has 0 spiro atoms. The molecule has 1 aliphatic rings. The van der Waals surface area contributed by atoms with Gasteiger partial charge in [-0.05, 0) is 41.8 Å². The fourth-order valence-corrected chi connectivity index (χ4v) is 2.32. The molecule has 26 heavy (non-hydrogen) atoms. The lowest BCUT2D eigenvalue weighted by molar-refractivity contribution is 0.174. The first-order valence-electron chi connectivity index (χ1n) is 8.60. The Morgan fingerprint density at radius 3 is 2.88 bits per heavy atom. The molecule has 0 unspecified atom stereocenters. The summed E-state index contributed by atoms with van der Waals surface area (Å²) in [5, 5.41) is 6.64. The van der Waals surface area contributed by atoms with Crippen LogP contribution in [0.25, 0.3) is 0 Å². The summed E-state index contributed by atoms with van der Waals surface area (Å²) in [4.78, 5) is 8.81. The zero-order chi connectivity index (χ0) is 18.4. The van der Waals surface area contributed by atoms with E-state index in [0.717, 1.165) is 22.7 Å². The van der Waals surface area contributed by atoms with Crippen molar-refractivity contribution in [3.8, 4) is 11.5 Å². The number of nitrogens with zero attached hydrogens (tertiary/aromatic N) is 2. The molecule has 7 nitrogen and oxygen atoms in total. The third kappa shape index (κ3) is 4.86. The predicted octanol–water partition coefficient (Wildman–Crippen LogP) is 2.35. The fraction of sp³-hybridized carbons (Fsp3) is 0.368. The lowest BCUT2D eigenvalue weighted by Gasteiger charge is -2.24. The smallest absolute Gasteiger partial charge is 0.231 e. The van der Waals surface area contributed by atoms with Crippen LogP contribution >= 0.6 is 0 Å². The van der Waals surface area contributed by atoms with Gasteiger partial charge >= 0.3 is 0 Å². The summed E-state index contributed by atoms with van der Waals surface area (Å²) in [6.45, 7) is 6.29. The number of hydrogen-bond acceptors (Lipinski definition) is 5. The Morgan fingerprint density at radius 1 is 1.27 bits per heavy atom. The molecule has 1 aromatic heterocycles. The first-order chi connectivity index (χ1) is 12.6. The Morgan fingerprint density at radius 2 is 2.12 bits per heavy atom. The molecule has 0 fully saturated rings. The maximum atomic E-state index is 5.83. The molecule has 138 valence electrons. The number of nitrogens with one attached hydrogen (secondary N) is 2. The minimum Gasteiger partial charge on any atom is -0.454 e. The van der Waals surface area contributed by atoms with Gasteiger partial charge in [0.05, 0.1) is 18.4 Å². The average molecular weight is 355 g/mol. The molecule has 4 N–H and O–H groups in total. The number of fused-ring (bicyclic) bond motifs is 1. The number of ether oxygens (including phenoxy) is 2. The van der Waals surface area contributed by atoms with E-state index in [9.17, 15) is 0 Å². The molecule has 0 radical (unpaired) electrons. The molecule has 2 heterocycles. The van der Waals surface area contributed by atoms with Crippen molar-refractivity contribution < 1.29 is 9.47 Å². The molecule has 0 aliphatic carbocycles. The number of nitrogens with two attached hydrogens (primary N) is 1. The molecule has 0 saturated carbocycles. The average Bonchev–Trinajstić information content (AvgIpc) is 3.12. The van der Waals surface area contributed by atoms with Crippen molar-refractivity contribution in [1.29, 1.82) is 0 Å². The van der Waals surface area contributed by atoms with E-state index in [0.29, 0.717) is 25.6 Å². The van der Waals surface area contributed by atoms with E-state index in [4.69, 9.17) is 15.2 Å². The van der Waals surface area contributed by atoms with Gasteiger partial charge < -0.3 is 25.8 Å². The van der Waals surface area contributed by atoms with Gasteiger partial charge in [0.15, 0.2) is 17.5 Å². The number of aromatic nitrogens is 1. The maximum Gasteiger partial charge on any atom is 0.231 e. The molecule has 1 aromatic carbocycles. The van der Waals surface area contributed by atoms with Gasteiger partial charge in [-0.3, -0.25) is 4.98 Å². The molecule has 0 atom stereocenters. The number of anilines is 1. The van der Waals surface area contributed by atoms with E-state index in [1.165, 1.54) is 0 Å². The van der Waals surface area contributed by atoms with Crippen LogP contribution < -0.4 is 25.8 Å². The Balaban J connectivity index is 1.71. The van der Waals surface area contributed by atoms with E-state index < -0.39 is 0 Å². The second kappa shape index (κ2) is 8.05. The van der Waals surface area contributed by atoms with Crippen molar-refractivity contribution >= 4 is 11.6 Å². The monoisotopic (exact) mass is 355 g/mol. The van der Waals surface area contributed by atoms with E-state index in [1.54, 1.807) is 12.4 Å². The van der Waals surface area contributed by atoms with Crippen LogP contribution in [0.1, 0.15) is 19.4 Å². The van der Waals surface area contributed by atoms with Gasteiger partial charge in [-0.15, -0.1) is 0 Å². The summed E-state index contributed by atoms with van der Waals surface area (Å²) in [5.74, 6) is 2.21.